The van der Waals surface area contributed by atoms with Crippen molar-refractivity contribution in [1.29, 1.82) is 0 Å². The second-order valence-electron chi connectivity index (χ2n) is 9.77. The van der Waals surface area contributed by atoms with Crippen LogP contribution in [0.25, 0.3) is 0 Å². The molecule has 0 saturated carbocycles. The number of aliphatic hydroxyl groups is 1. The lowest BCUT2D eigenvalue weighted by Crippen LogP contribution is -2.53. The summed E-state index contributed by atoms with van der Waals surface area (Å²) in [7, 11) is 1.60. The number of piperazine rings is 1. The first-order valence-corrected chi connectivity index (χ1v) is 12.4. The van der Waals surface area contributed by atoms with E-state index in [0.717, 1.165) is 38.3 Å². The summed E-state index contributed by atoms with van der Waals surface area (Å²) in [5.74, 6) is 2.54. The van der Waals surface area contributed by atoms with Crippen LogP contribution in [0.1, 0.15) is 19.4 Å². The molecular formula is C27H37N3O5. The van der Waals surface area contributed by atoms with Crippen molar-refractivity contribution >= 4 is 11.6 Å². The van der Waals surface area contributed by atoms with Gasteiger partial charge in [-0.15, -0.1) is 0 Å². The van der Waals surface area contributed by atoms with Gasteiger partial charge in [0, 0.05) is 44.5 Å². The highest BCUT2D eigenvalue weighted by molar-refractivity contribution is 5.92. The van der Waals surface area contributed by atoms with Crippen LogP contribution in [0.4, 0.5) is 5.69 Å². The lowest BCUT2D eigenvalue weighted by molar-refractivity contribution is -0.117. The number of aliphatic hydroxyl groups excluding tert-OH is 1. The molecule has 4 rings (SSSR count). The quantitative estimate of drug-likeness (QED) is 0.567. The predicted molar refractivity (Wildman–Crippen MR) is 135 cm³/mol. The molecule has 2 aromatic carbocycles. The number of nitrogens with one attached hydrogen (secondary N) is 1. The van der Waals surface area contributed by atoms with Gasteiger partial charge in [-0.25, -0.2) is 0 Å². The highest BCUT2D eigenvalue weighted by atomic mass is 16.6. The van der Waals surface area contributed by atoms with Gasteiger partial charge < -0.3 is 24.6 Å². The van der Waals surface area contributed by atoms with E-state index in [1.54, 1.807) is 13.2 Å². The number of amides is 1. The fourth-order valence-corrected chi connectivity index (χ4v) is 4.50. The van der Waals surface area contributed by atoms with Crippen molar-refractivity contribution in [3.8, 4) is 17.2 Å². The molecular weight excluding hydrogens is 446 g/mol. The van der Waals surface area contributed by atoms with Crippen molar-refractivity contribution in [2.24, 2.45) is 5.92 Å². The van der Waals surface area contributed by atoms with E-state index in [4.69, 9.17) is 14.2 Å². The van der Waals surface area contributed by atoms with Crippen molar-refractivity contribution in [3.63, 3.8) is 0 Å². The van der Waals surface area contributed by atoms with Crippen LogP contribution < -0.4 is 19.5 Å². The molecule has 0 aromatic heterocycles. The molecule has 0 bridgehead atoms. The molecule has 0 spiro atoms. The van der Waals surface area contributed by atoms with Crippen LogP contribution in [0.15, 0.2) is 42.5 Å². The minimum Gasteiger partial charge on any atom is -0.497 e. The van der Waals surface area contributed by atoms with Gasteiger partial charge in [0.15, 0.2) is 17.6 Å². The Morgan fingerprint density at radius 1 is 1.09 bits per heavy atom. The molecule has 1 amide bonds. The zero-order valence-electron chi connectivity index (χ0n) is 20.9. The van der Waals surface area contributed by atoms with Crippen LogP contribution in [-0.2, 0) is 11.2 Å². The lowest BCUT2D eigenvalue weighted by Gasteiger charge is -2.37. The van der Waals surface area contributed by atoms with E-state index in [0.29, 0.717) is 42.9 Å². The summed E-state index contributed by atoms with van der Waals surface area (Å²) in [6.07, 6.45) is -0.0806. The molecule has 8 nitrogen and oxygen atoms in total. The van der Waals surface area contributed by atoms with Gasteiger partial charge in [-0.2, -0.15) is 0 Å². The highest BCUT2D eigenvalue weighted by Crippen LogP contribution is 2.35. The number of nitrogens with zero attached hydrogens (tertiary/aromatic N) is 2. The van der Waals surface area contributed by atoms with Crippen molar-refractivity contribution in [2.75, 3.05) is 58.3 Å². The van der Waals surface area contributed by atoms with Crippen LogP contribution in [0.3, 0.4) is 0 Å². The van der Waals surface area contributed by atoms with Gasteiger partial charge in [0.05, 0.1) is 13.7 Å². The van der Waals surface area contributed by atoms with E-state index in [1.807, 2.05) is 24.3 Å². The molecule has 2 N–H and O–H groups in total. The standard InChI is InChI=1S/C27H37N3O5/c1-19(2)14-20-4-6-21(7-5-20)28-27(32)17-30-12-10-29(11-13-30)16-23(31)26-18-34-24-9-8-22(33-3)15-25(24)35-26/h4-9,15,19,23,26,31H,10-14,16-18H2,1-3H3,(H,28,32). The number of carbonyl (C=O) groups is 1. The number of anilines is 1. The highest BCUT2D eigenvalue weighted by Gasteiger charge is 2.30. The Hall–Kier alpha value is -2.81. The molecule has 2 aromatic rings. The van der Waals surface area contributed by atoms with Gasteiger partial charge in [0.1, 0.15) is 18.5 Å². The smallest absolute Gasteiger partial charge is 0.238 e. The maximum atomic E-state index is 12.5. The maximum absolute atomic E-state index is 12.5. The summed E-state index contributed by atoms with van der Waals surface area (Å²) >= 11 is 0. The molecule has 1 fully saturated rings. The summed E-state index contributed by atoms with van der Waals surface area (Å²) in [6.45, 7) is 8.68. The van der Waals surface area contributed by atoms with Gasteiger partial charge in [-0.1, -0.05) is 26.0 Å². The Labute approximate surface area is 207 Å². The Morgan fingerprint density at radius 3 is 2.49 bits per heavy atom. The molecule has 2 aliphatic heterocycles. The topological polar surface area (TPSA) is 83.5 Å². The third kappa shape index (κ3) is 7.10. The number of rotatable bonds is 9. The van der Waals surface area contributed by atoms with Crippen molar-refractivity contribution in [3.05, 3.63) is 48.0 Å². The van der Waals surface area contributed by atoms with Crippen LogP contribution in [0, 0.1) is 5.92 Å². The van der Waals surface area contributed by atoms with Crippen LogP contribution >= 0.6 is 0 Å². The Kier molecular flexibility index (Phi) is 8.49. The SMILES string of the molecule is COc1ccc2c(c1)OC(C(O)CN1CCN(CC(=O)Nc3ccc(CC(C)C)cc3)CC1)CO2. The van der Waals surface area contributed by atoms with E-state index >= 15 is 0 Å². The third-order valence-corrected chi connectivity index (χ3v) is 6.42. The normalized spacial score (nSPS) is 19.4. The largest absolute Gasteiger partial charge is 0.497 e. The Balaban J connectivity index is 1.18. The number of methoxy groups -OCH3 is 1. The number of fused-ring (bicyclic) bond motifs is 1. The second-order valence-corrected chi connectivity index (χ2v) is 9.77. The Bertz CT molecular complexity index is 973. The van der Waals surface area contributed by atoms with Gasteiger partial charge in [0.25, 0.3) is 0 Å². The van der Waals surface area contributed by atoms with E-state index in [1.165, 1.54) is 5.56 Å². The Morgan fingerprint density at radius 2 is 1.80 bits per heavy atom. The summed E-state index contributed by atoms with van der Waals surface area (Å²) in [4.78, 5) is 16.9. The summed E-state index contributed by atoms with van der Waals surface area (Å²) in [6, 6.07) is 13.5. The van der Waals surface area contributed by atoms with Gasteiger partial charge in [-0.05, 0) is 42.2 Å². The van der Waals surface area contributed by atoms with E-state index < -0.39 is 12.2 Å². The van der Waals surface area contributed by atoms with Crippen LogP contribution in [-0.4, -0.2) is 86.0 Å². The third-order valence-electron chi connectivity index (χ3n) is 6.42. The number of carbonyl (C=O) groups excluding carboxylic acids is 1. The number of ether oxygens (including phenoxy) is 3. The average Bonchev–Trinajstić information content (AvgIpc) is 2.85. The molecule has 190 valence electrons. The fraction of sp³-hybridized carbons (Fsp3) is 0.519. The lowest BCUT2D eigenvalue weighted by atomic mass is 10.0. The predicted octanol–water partition coefficient (Wildman–Crippen LogP) is 2.65. The number of hydrogen-bond donors (Lipinski definition) is 2. The zero-order chi connectivity index (χ0) is 24.8. The summed E-state index contributed by atoms with van der Waals surface area (Å²) < 4.78 is 17.0. The number of benzene rings is 2. The summed E-state index contributed by atoms with van der Waals surface area (Å²) in [5, 5.41) is 13.8. The van der Waals surface area contributed by atoms with Crippen molar-refractivity contribution in [1.82, 2.24) is 9.80 Å². The fourth-order valence-electron chi connectivity index (χ4n) is 4.50. The van der Waals surface area contributed by atoms with Crippen molar-refractivity contribution < 1.29 is 24.1 Å². The first kappa shape index (κ1) is 25.3. The second kappa shape index (κ2) is 11.7. The average molecular weight is 484 g/mol. The molecule has 0 aliphatic carbocycles. The minimum absolute atomic E-state index is 0.00283. The van der Waals surface area contributed by atoms with Crippen LogP contribution in [0.2, 0.25) is 0 Å². The van der Waals surface area contributed by atoms with Gasteiger partial charge in [-0.3, -0.25) is 14.6 Å². The van der Waals surface area contributed by atoms with Gasteiger partial charge in [0.2, 0.25) is 5.91 Å². The van der Waals surface area contributed by atoms with Gasteiger partial charge >= 0.3 is 0 Å². The molecule has 8 heteroatoms. The minimum atomic E-state index is -0.678. The first-order chi connectivity index (χ1) is 16.9. The van der Waals surface area contributed by atoms with Crippen molar-refractivity contribution in [2.45, 2.75) is 32.5 Å². The molecule has 2 aliphatic rings. The summed E-state index contributed by atoms with van der Waals surface area (Å²) in [5.41, 5.74) is 2.11. The number of β-amino-alcohol motifs (C(OH)–C–C–N with tert-alkyl or cyclic N) is 1. The molecule has 2 heterocycles. The molecule has 0 radical (unpaired) electrons. The van der Waals surface area contributed by atoms with E-state index in [2.05, 4.69) is 41.1 Å². The molecule has 2 unspecified atom stereocenters. The number of hydrogen-bond acceptors (Lipinski definition) is 7. The maximum Gasteiger partial charge on any atom is 0.238 e. The van der Waals surface area contributed by atoms with E-state index in [9.17, 15) is 9.90 Å². The van der Waals surface area contributed by atoms with E-state index in [-0.39, 0.29) is 5.91 Å². The molecule has 1 saturated heterocycles. The zero-order valence-corrected chi connectivity index (χ0v) is 20.9. The molecule has 2 atom stereocenters. The first-order valence-electron chi connectivity index (χ1n) is 12.4. The van der Waals surface area contributed by atoms with Crippen LogP contribution in [0.5, 0.6) is 17.2 Å². The molecule has 35 heavy (non-hydrogen) atoms. The monoisotopic (exact) mass is 483 g/mol.